The third-order valence-electron chi connectivity index (χ3n) is 3.19. The van der Waals surface area contributed by atoms with Crippen LogP contribution in [-0.2, 0) is 4.79 Å². The van der Waals surface area contributed by atoms with Crippen molar-refractivity contribution >= 4 is 17.7 Å². The minimum Gasteiger partial charge on any atom is -0.481 e. The van der Waals surface area contributed by atoms with Gasteiger partial charge in [-0.1, -0.05) is 0 Å². The van der Waals surface area contributed by atoms with Crippen LogP contribution < -0.4 is 0 Å². The Morgan fingerprint density at radius 1 is 1.15 bits per heavy atom. The quantitative estimate of drug-likeness (QED) is 0.759. The number of thioether (sulfide) groups is 1. The summed E-state index contributed by atoms with van der Waals surface area (Å²) in [6.07, 6.45) is 4.55. The van der Waals surface area contributed by atoms with E-state index in [0.29, 0.717) is 11.8 Å². The average Bonchev–Trinajstić information content (AvgIpc) is 2.90. The number of hydrogen-bond acceptors (Lipinski definition) is 2. The summed E-state index contributed by atoms with van der Waals surface area (Å²) in [6.45, 7) is 0. The molecule has 1 aliphatic carbocycles. The molecule has 3 heteroatoms. The molecule has 0 radical (unpaired) electrons. The van der Waals surface area contributed by atoms with Gasteiger partial charge >= 0.3 is 5.97 Å². The van der Waals surface area contributed by atoms with E-state index in [1.54, 1.807) is 0 Å². The summed E-state index contributed by atoms with van der Waals surface area (Å²) in [7, 11) is 0. The van der Waals surface area contributed by atoms with Gasteiger partial charge < -0.3 is 5.11 Å². The predicted octanol–water partition coefficient (Wildman–Crippen LogP) is 2.24. The molecule has 0 aromatic heterocycles. The van der Waals surface area contributed by atoms with Crippen molar-refractivity contribution in [3.05, 3.63) is 0 Å². The topological polar surface area (TPSA) is 37.3 Å². The molecule has 2 rings (SSSR count). The highest BCUT2D eigenvalue weighted by atomic mass is 32.2. The lowest BCUT2D eigenvalue weighted by Crippen LogP contribution is -2.28. The van der Waals surface area contributed by atoms with Crippen LogP contribution in [0.3, 0.4) is 0 Å². The molecule has 2 fully saturated rings. The molecule has 0 aromatic carbocycles. The summed E-state index contributed by atoms with van der Waals surface area (Å²) >= 11 is 1.97. The molecular formula is C10H16O2S. The summed E-state index contributed by atoms with van der Waals surface area (Å²) in [5.74, 6) is 2.78. The van der Waals surface area contributed by atoms with E-state index in [1.807, 2.05) is 11.8 Å². The zero-order valence-corrected chi connectivity index (χ0v) is 8.55. The van der Waals surface area contributed by atoms with Crippen molar-refractivity contribution < 1.29 is 9.90 Å². The van der Waals surface area contributed by atoms with E-state index < -0.39 is 5.97 Å². The first-order valence-corrected chi connectivity index (χ1v) is 6.25. The van der Waals surface area contributed by atoms with E-state index in [0.717, 1.165) is 25.7 Å². The molecule has 13 heavy (non-hydrogen) atoms. The molecule has 2 aliphatic rings. The summed E-state index contributed by atoms with van der Waals surface area (Å²) in [4.78, 5) is 11.1. The van der Waals surface area contributed by atoms with Gasteiger partial charge in [0.2, 0.25) is 0 Å². The molecule has 0 amide bonds. The maximum absolute atomic E-state index is 11.1. The van der Waals surface area contributed by atoms with Crippen LogP contribution in [0.1, 0.15) is 25.7 Å². The lowest BCUT2D eigenvalue weighted by Gasteiger charge is -2.27. The van der Waals surface area contributed by atoms with Gasteiger partial charge in [0.1, 0.15) is 0 Å². The van der Waals surface area contributed by atoms with Crippen LogP contribution in [-0.4, -0.2) is 22.6 Å². The molecule has 1 unspecified atom stereocenters. The van der Waals surface area contributed by atoms with E-state index >= 15 is 0 Å². The number of aliphatic carboxylic acids is 1. The second-order valence-corrected chi connectivity index (χ2v) is 5.38. The number of hydrogen-bond donors (Lipinski definition) is 1. The van der Waals surface area contributed by atoms with Gasteiger partial charge in [-0.15, -0.1) is 0 Å². The van der Waals surface area contributed by atoms with Crippen molar-refractivity contribution in [1.82, 2.24) is 0 Å². The average molecular weight is 200 g/mol. The highest BCUT2D eigenvalue weighted by Crippen LogP contribution is 2.44. The van der Waals surface area contributed by atoms with Crippen LogP contribution in [0.15, 0.2) is 0 Å². The Bertz CT molecular complexity index is 195. The van der Waals surface area contributed by atoms with Crippen LogP contribution in [0.25, 0.3) is 0 Å². The van der Waals surface area contributed by atoms with Gasteiger partial charge in [0.05, 0.1) is 5.92 Å². The lowest BCUT2D eigenvalue weighted by molar-refractivity contribution is -0.144. The Labute approximate surface area is 83.1 Å². The van der Waals surface area contributed by atoms with E-state index in [1.165, 1.54) is 11.5 Å². The molecule has 2 nitrogen and oxygen atoms in total. The zero-order chi connectivity index (χ0) is 9.26. The molecule has 0 aromatic rings. The summed E-state index contributed by atoms with van der Waals surface area (Å²) in [6, 6.07) is 0. The normalized spacial score (nSPS) is 27.1. The van der Waals surface area contributed by atoms with E-state index in [2.05, 4.69) is 0 Å². The molecule has 1 N–H and O–H groups in total. The van der Waals surface area contributed by atoms with Crippen molar-refractivity contribution in [2.75, 3.05) is 11.5 Å². The first kappa shape index (κ1) is 9.38. The molecule has 1 aliphatic heterocycles. The van der Waals surface area contributed by atoms with Gasteiger partial charge in [-0.3, -0.25) is 4.79 Å². The number of carboxylic acid groups (broad SMARTS) is 1. The molecule has 0 spiro atoms. The van der Waals surface area contributed by atoms with Crippen LogP contribution in [0, 0.1) is 17.8 Å². The fourth-order valence-corrected chi connectivity index (χ4v) is 3.46. The van der Waals surface area contributed by atoms with Crippen molar-refractivity contribution in [2.24, 2.45) is 17.8 Å². The highest BCUT2D eigenvalue weighted by Gasteiger charge is 2.41. The molecular weight excluding hydrogens is 184 g/mol. The minimum atomic E-state index is -0.542. The molecule has 0 bridgehead atoms. The summed E-state index contributed by atoms with van der Waals surface area (Å²) in [5, 5.41) is 9.13. The fourth-order valence-electron chi connectivity index (χ4n) is 2.32. The largest absolute Gasteiger partial charge is 0.481 e. The number of rotatable bonds is 3. The smallest absolute Gasteiger partial charge is 0.307 e. The third kappa shape index (κ3) is 2.19. The second-order valence-electron chi connectivity index (χ2n) is 4.15. The van der Waals surface area contributed by atoms with E-state index in [9.17, 15) is 4.79 Å². The van der Waals surface area contributed by atoms with E-state index in [-0.39, 0.29) is 5.92 Å². The Balaban J connectivity index is 1.96. The molecule has 1 atom stereocenters. The van der Waals surface area contributed by atoms with Crippen molar-refractivity contribution in [2.45, 2.75) is 25.7 Å². The van der Waals surface area contributed by atoms with Crippen LogP contribution >= 0.6 is 11.8 Å². The Hall–Kier alpha value is -0.180. The predicted molar refractivity (Wildman–Crippen MR) is 53.9 cm³/mol. The molecule has 1 heterocycles. The summed E-state index contributed by atoms with van der Waals surface area (Å²) in [5.41, 5.74) is 0. The highest BCUT2D eigenvalue weighted by molar-refractivity contribution is 7.99. The SMILES string of the molecule is O=C(O)C(C1CCSCC1)C1CC1. The summed E-state index contributed by atoms with van der Waals surface area (Å²) < 4.78 is 0. The minimum absolute atomic E-state index is 0.0131. The van der Waals surface area contributed by atoms with Crippen molar-refractivity contribution in [3.8, 4) is 0 Å². The molecule has 1 saturated carbocycles. The zero-order valence-electron chi connectivity index (χ0n) is 7.74. The van der Waals surface area contributed by atoms with Crippen molar-refractivity contribution in [3.63, 3.8) is 0 Å². The molecule has 1 saturated heterocycles. The van der Waals surface area contributed by atoms with Gasteiger partial charge in [0.15, 0.2) is 0 Å². The monoisotopic (exact) mass is 200 g/mol. The number of carboxylic acids is 1. The Kier molecular flexibility index (Phi) is 2.82. The standard InChI is InChI=1S/C10H16O2S/c11-10(12)9(7-1-2-7)8-3-5-13-6-4-8/h7-9H,1-6H2,(H,11,12). The van der Waals surface area contributed by atoms with Crippen molar-refractivity contribution in [1.29, 1.82) is 0 Å². The molecule has 74 valence electrons. The second kappa shape index (κ2) is 3.91. The first-order valence-electron chi connectivity index (χ1n) is 5.09. The first-order chi connectivity index (χ1) is 6.29. The van der Waals surface area contributed by atoms with Crippen LogP contribution in [0.2, 0.25) is 0 Å². The number of carbonyl (C=O) groups is 1. The van der Waals surface area contributed by atoms with E-state index in [4.69, 9.17) is 5.11 Å². The van der Waals surface area contributed by atoms with Gasteiger partial charge in [0.25, 0.3) is 0 Å². The van der Waals surface area contributed by atoms with Gasteiger partial charge in [-0.25, -0.2) is 0 Å². The van der Waals surface area contributed by atoms with Crippen LogP contribution in [0.4, 0.5) is 0 Å². The maximum Gasteiger partial charge on any atom is 0.307 e. The van der Waals surface area contributed by atoms with Gasteiger partial charge in [-0.2, -0.15) is 11.8 Å². The third-order valence-corrected chi connectivity index (χ3v) is 4.24. The lowest BCUT2D eigenvalue weighted by atomic mass is 9.84. The fraction of sp³-hybridized carbons (Fsp3) is 0.900. The van der Waals surface area contributed by atoms with Gasteiger partial charge in [0, 0.05) is 0 Å². The Morgan fingerprint density at radius 3 is 2.15 bits per heavy atom. The Morgan fingerprint density at radius 2 is 1.69 bits per heavy atom. The van der Waals surface area contributed by atoms with Crippen LogP contribution in [0.5, 0.6) is 0 Å². The van der Waals surface area contributed by atoms with Gasteiger partial charge in [-0.05, 0) is 49.0 Å². The maximum atomic E-state index is 11.1.